The first-order chi connectivity index (χ1) is 11.3. The molecule has 1 amide bonds. The van der Waals surface area contributed by atoms with Crippen molar-refractivity contribution >= 4 is 11.6 Å². The maximum absolute atomic E-state index is 12.9. The summed E-state index contributed by atoms with van der Waals surface area (Å²) in [5.41, 5.74) is -0.163. The Morgan fingerprint density at radius 3 is 2.67 bits per heavy atom. The monoisotopic (exact) mass is 336 g/mol. The molecule has 0 bridgehead atoms. The van der Waals surface area contributed by atoms with Gasteiger partial charge >= 0.3 is 6.18 Å². The highest BCUT2D eigenvalue weighted by Gasteiger charge is 2.31. The van der Waals surface area contributed by atoms with Crippen LogP contribution in [0.1, 0.15) is 21.8 Å². The number of nitrogens with zero attached hydrogens (tertiary/aromatic N) is 3. The van der Waals surface area contributed by atoms with Crippen molar-refractivity contribution in [1.29, 1.82) is 0 Å². The van der Waals surface area contributed by atoms with Gasteiger partial charge in [0.25, 0.3) is 5.91 Å². The molecule has 24 heavy (non-hydrogen) atoms. The molecule has 0 aliphatic heterocycles. The van der Waals surface area contributed by atoms with Gasteiger partial charge in [-0.1, -0.05) is 5.16 Å². The largest absolute Gasteiger partial charge is 0.416 e. The first kappa shape index (κ1) is 15.8. The smallest absolute Gasteiger partial charge is 0.351 e. The number of benzene rings is 1. The van der Waals surface area contributed by atoms with Crippen LogP contribution in [0.5, 0.6) is 0 Å². The molecule has 0 fully saturated rings. The van der Waals surface area contributed by atoms with E-state index < -0.39 is 17.6 Å². The van der Waals surface area contributed by atoms with Crippen LogP contribution in [0.25, 0.3) is 5.69 Å². The Balaban J connectivity index is 2.01. The lowest BCUT2D eigenvalue weighted by molar-refractivity contribution is -0.137. The van der Waals surface area contributed by atoms with Crippen LogP contribution in [0, 0.1) is 6.92 Å². The number of anilines is 1. The summed E-state index contributed by atoms with van der Waals surface area (Å²) in [5.74, 6) is -0.806. The molecule has 0 spiro atoms. The van der Waals surface area contributed by atoms with Crippen LogP contribution in [0.4, 0.5) is 18.9 Å². The van der Waals surface area contributed by atoms with Crippen molar-refractivity contribution in [2.45, 2.75) is 13.1 Å². The zero-order valence-electron chi connectivity index (χ0n) is 12.3. The Morgan fingerprint density at radius 2 is 2.08 bits per heavy atom. The fraction of sp³-hybridized carbons (Fsp3) is 0.133. The number of carbonyl (C=O) groups is 1. The van der Waals surface area contributed by atoms with Crippen molar-refractivity contribution in [3.63, 3.8) is 0 Å². The Morgan fingerprint density at radius 1 is 1.29 bits per heavy atom. The molecule has 1 N–H and O–H groups in total. The molecular weight excluding hydrogens is 325 g/mol. The fourth-order valence-corrected chi connectivity index (χ4v) is 2.08. The average Bonchev–Trinajstić information content (AvgIpc) is 3.17. The van der Waals surface area contributed by atoms with Gasteiger partial charge in [-0.3, -0.25) is 4.79 Å². The second-order valence-electron chi connectivity index (χ2n) is 4.97. The van der Waals surface area contributed by atoms with E-state index in [-0.39, 0.29) is 17.1 Å². The lowest BCUT2D eigenvalue weighted by Gasteiger charge is -2.14. The van der Waals surface area contributed by atoms with Crippen LogP contribution in [0.3, 0.4) is 0 Å². The highest BCUT2D eigenvalue weighted by Crippen LogP contribution is 2.33. The second kappa shape index (κ2) is 5.84. The summed E-state index contributed by atoms with van der Waals surface area (Å²) in [5, 5.41) is 9.95. The van der Waals surface area contributed by atoms with Gasteiger partial charge in [-0.15, -0.1) is 0 Å². The van der Waals surface area contributed by atoms with Crippen LogP contribution in [0.2, 0.25) is 0 Å². The number of aromatic nitrogens is 3. The van der Waals surface area contributed by atoms with Gasteiger partial charge in [0.1, 0.15) is 0 Å². The van der Waals surface area contributed by atoms with E-state index in [0.29, 0.717) is 5.69 Å². The number of rotatable bonds is 3. The van der Waals surface area contributed by atoms with Gasteiger partial charge in [0.05, 0.1) is 22.6 Å². The number of aryl methyl sites for hydroxylation is 1. The van der Waals surface area contributed by atoms with Gasteiger partial charge in [-0.05, 0) is 31.2 Å². The molecular formula is C15H11F3N4O2. The normalized spacial score (nSPS) is 11.5. The molecule has 0 unspecified atom stereocenters. The van der Waals surface area contributed by atoms with Gasteiger partial charge < -0.3 is 9.84 Å². The third kappa shape index (κ3) is 3.14. The van der Waals surface area contributed by atoms with Crippen LogP contribution >= 0.6 is 0 Å². The molecule has 0 atom stereocenters. The first-order valence-corrected chi connectivity index (χ1v) is 6.80. The minimum Gasteiger partial charge on any atom is -0.351 e. The molecule has 9 heteroatoms. The molecule has 124 valence electrons. The second-order valence-corrected chi connectivity index (χ2v) is 4.97. The summed E-state index contributed by atoms with van der Waals surface area (Å²) in [6, 6.07) is 6.00. The molecule has 0 saturated heterocycles. The molecule has 2 heterocycles. The quantitative estimate of drug-likeness (QED) is 0.795. The van der Waals surface area contributed by atoms with E-state index in [1.165, 1.54) is 23.0 Å². The molecule has 6 nitrogen and oxygen atoms in total. The van der Waals surface area contributed by atoms with Gasteiger partial charge in [-0.2, -0.15) is 18.3 Å². The predicted octanol–water partition coefficient (Wildman–Crippen LogP) is 3.44. The summed E-state index contributed by atoms with van der Waals surface area (Å²) in [6.45, 7) is 1.62. The van der Waals surface area contributed by atoms with E-state index in [1.54, 1.807) is 19.2 Å². The molecule has 0 aliphatic rings. The fourth-order valence-electron chi connectivity index (χ4n) is 2.08. The first-order valence-electron chi connectivity index (χ1n) is 6.80. The zero-order valence-corrected chi connectivity index (χ0v) is 12.3. The Labute approximate surface area is 133 Å². The molecule has 0 aliphatic carbocycles. The van der Waals surface area contributed by atoms with Crippen molar-refractivity contribution < 1.29 is 22.5 Å². The van der Waals surface area contributed by atoms with Gasteiger partial charge in [0, 0.05) is 18.5 Å². The number of halogens is 3. The van der Waals surface area contributed by atoms with E-state index >= 15 is 0 Å². The van der Waals surface area contributed by atoms with E-state index in [9.17, 15) is 18.0 Å². The minimum atomic E-state index is -4.54. The van der Waals surface area contributed by atoms with Crippen molar-refractivity contribution in [3.05, 3.63) is 59.7 Å². The highest BCUT2D eigenvalue weighted by molar-refractivity contribution is 6.03. The lowest BCUT2D eigenvalue weighted by atomic mass is 10.1. The maximum Gasteiger partial charge on any atom is 0.416 e. The number of hydrogen-bond acceptors (Lipinski definition) is 4. The summed E-state index contributed by atoms with van der Waals surface area (Å²) < 4.78 is 45.0. The molecule has 1 aromatic carbocycles. The predicted molar refractivity (Wildman–Crippen MR) is 77.8 cm³/mol. The number of hydrogen-bond donors (Lipinski definition) is 1. The summed E-state index contributed by atoms with van der Waals surface area (Å²) in [4.78, 5) is 12.2. The van der Waals surface area contributed by atoms with Crippen LogP contribution in [0.15, 0.2) is 47.2 Å². The topological polar surface area (TPSA) is 73.0 Å². The number of nitrogens with one attached hydrogen (secondary N) is 1. The van der Waals surface area contributed by atoms with E-state index in [2.05, 4.69) is 15.6 Å². The van der Waals surface area contributed by atoms with Crippen molar-refractivity contribution in [3.8, 4) is 5.69 Å². The van der Waals surface area contributed by atoms with Crippen LogP contribution in [-0.4, -0.2) is 20.8 Å². The minimum absolute atomic E-state index is 0.0485. The Bertz CT molecular complexity index is 869. The Hall–Kier alpha value is -3.10. The number of alkyl halides is 3. The summed E-state index contributed by atoms with van der Waals surface area (Å²) in [7, 11) is 0. The zero-order chi connectivity index (χ0) is 17.3. The standard InChI is InChI=1S/C15H11F3N4O2/c1-9-7-13(24-21-9)14(23)20-11-8-10(15(16,17)18)3-4-12(11)22-6-2-5-19-22/h2-8H,1H3,(H,20,23). The summed E-state index contributed by atoms with van der Waals surface area (Å²) >= 11 is 0. The van der Waals surface area contributed by atoms with Crippen LogP contribution < -0.4 is 5.32 Å². The van der Waals surface area contributed by atoms with Crippen molar-refractivity contribution in [2.75, 3.05) is 5.32 Å². The third-order valence-corrected chi connectivity index (χ3v) is 3.18. The van der Waals surface area contributed by atoms with Gasteiger partial charge in [0.15, 0.2) is 0 Å². The molecule has 0 saturated carbocycles. The molecule has 3 rings (SSSR count). The van der Waals surface area contributed by atoms with Gasteiger partial charge in [-0.25, -0.2) is 4.68 Å². The lowest BCUT2D eigenvalue weighted by Crippen LogP contribution is -2.15. The van der Waals surface area contributed by atoms with E-state index in [1.807, 2.05) is 0 Å². The van der Waals surface area contributed by atoms with E-state index in [4.69, 9.17) is 4.52 Å². The number of carbonyl (C=O) groups excluding carboxylic acids is 1. The van der Waals surface area contributed by atoms with Crippen molar-refractivity contribution in [1.82, 2.24) is 14.9 Å². The van der Waals surface area contributed by atoms with Gasteiger partial charge in [0.2, 0.25) is 5.76 Å². The highest BCUT2D eigenvalue weighted by atomic mass is 19.4. The SMILES string of the molecule is Cc1cc(C(=O)Nc2cc(C(F)(F)F)ccc2-n2cccn2)on1. The third-order valence-electron chi connectivity index (χ3n) is 3.18. The molecule has 3 aromatic rings. The van der Waals surface area contributed by atoms with Crippen LogP contribution in [-0.2, 0) is 6.18 Å². The Kier molecular flexibility index (Phi) is 3.84. The maximum atomic E-state index is 12.9. The summed E-state index contributed by atoms with van der Waals surface area (Å²) in [6.07, 6.45) is -1.51. The molecule has 2 aromatic heterocycles. The average molecular weight is 336 g/mol. The molecule has 0 radical (unpaired) electrons. The van der Waals surface area contributed by atoms with Crippen molar-refractivity contribution in [2.24, 2.45) is 0 Å². The number of amides is 1. The van der Waals surface area contributed by atoms with E-state index in [0.717, 1.165) is 12.1 Å².